The minimum atomic E-state index is -0.415. The second-order valence-corrected chi connectivity index (χ2v) is 4.93. The van der Waals surface area contributed by atoms with Crippen molar-refractivity contribution in [1.29, 1.82) is 0 Å². The Labute approximate surface area is 101 Å². The topological polar surface area (TPSA) is 75.4 Å². The zero-order valence-corrected chi connectivity index (χ0v) is 10.4. The number of anilines is 1. The van der Waals surface area contributed by atoms with Crippen molar-refractivity contribution in [2.45, 2.75) is 20.8 Å². The first-order chi connectivity index (χ1) is 7.85. The van der Waals surface area contributed by atoms with Crippen molar-refractivity contribution in [3.63, 3.8) is 0 Å². The van der Waals surface area contributed by atoms with E-state index in [-0.39, 0.29) is 17.7 Å². The standard InChI is InChI=1S/C12H18N2O3/c1-9-4-5-10(14(16)17)6-11(9)13-7-12(2,3)8-15/h4-6,13,15H,7-8H2,1-3H3. The Morgan fingerprint density at radius 1 is 1.47 bits per heavy atom. The van der Waals surface area contributed by atoms with E-state index in [9.17, 15) is 10.1 Å². The second kappa shape index (κ2) is 5.14. The fourth-order valence-corrected chi connectivity index (χ4v) is 1.30. The summed E-state index contributed by atoms with van der Waals surface area (Å²) in [5.41, 5.74) is 1.50. The lowest BCUT2D eigenvalue weighted by Crippen LogP contribution is -2.27. The maximum Gasteiger partial charge on any atom is 0.271 e. The number of hydrogen-bond donors (Lipinski definition) is 2. The molecule has 1 rings (SSSR count). The molecular formula is C12H18N2O3. The summed E-state index contributed by atoms with van der Waals surface area (Å²) in [7, 11) is 0. The highest BCUT2D eigenvalue weighted by Gasteiger charge is 2.17. The Morgan fingerprint density at radius 2 is 2.12 bits per heavy atom. The minimum Gasteiger partial charge on any atom is -0.396 e. The summed E-state index contributed by atoms with van der Waals surface area (Å²) in [6.45, 7) is 6.36. The van der Waals surface area contributed by atoms with E-state index in [4.69, 9.17) is 5.11 Å². The van der Waals surface area contributed by atoms with Crippen LogP contribution in [0.5, 0.6) is 0 Å². The summed E-state index contributed by atoms with van der Waals surface area (Å²) < 4.78 is 0. The van der Waals surface area contributed by atoms with Crippen LogP contribution in [0.2, 0.25) is 0 Å². The maximum atomic E-state index is 10.7. The molecule has 0 amide bonds. The van der Waals surface area contributed by atoms with Crippen LogP contribution in [0.4, 0.5) is 11.4 Å². The molecule has 0 aliphatic heterocycles. The van der Waals surface area contributed by atoms with Crippen LogP contribution in [-0.4, -0.2) is 23.2 Å². The number of nitrogens with zero attached hydrogens (tertiary/aromatic N) is 1. The van der Waals surface area contributed by atoms with Crippen LogP contribution in [0.25, 0.3) is 0 Å². The van der Waals surface area contributed by atoms with E-state index in [0.717, 1.165) is 11.3 Å². The van der Waals surface area contributed by atoms with E-state index in [1.807, 2.05) is 20.8 Å². The normalized spacial score (nSPS) is 11.3. The Kier molecular flexibility index (Phi) is 4.07. The largest absolute Gasteiger partial charge is 0.396 e. The number of nitro benzene ring substituents is 1. The second-order valence-electron chi connectivity index (χ2n) is 4.93. The number of benzene rings is 1. The number of aliphatic hydroxyl groups excluding tert-OH is 1. The van der Waals surface area contributed by atoms with E-state index in [1.54, 1.807) is 6.07 Å². The molecule has 0 unspecified atom stereocenters. The number of aryl methyl sites for hydroxylation is 1. The molecule has 1 aromatic rings. The quantitative estimate of drug-likeness (QED) is 0.609. The van der Waals surface area contributed by atoms with Crippen LogP contribution in [0.15, 0.2) is 18.2 Å². The van der Waals surface area contributed by atoms with Crippen molar-refractivity contribution in [2.24, 2.45) is 5.41 Å². The molecule has 0 aromatic heterocycles. The van der Waals surface area contributed by atoms with Gasteiger partial charge < -0.3 is 10.4 Å². The van der Waals surface area contributed by atoms with Crippen LogP contribution in [-0.2, 0) is 0 Å². The predicted molar refractivity (Wildman–Crippen MR) is 67.2 cm³/mol. The maximum absolute atomic E-state index is 10.7. The molecule has 0 aliphatic rings. The molecule has 2 N–H and O–H groups in total. The van der Waals surface area contributed by atoms with Gasteiger partial charge in [-0.15, -0.1) is 0 Å². The van der Waals surface area contributed by atoms with Gasteiger partial charge in [0.1, 0.15) is 0 Å². The zero-order valence-electron chi connectivity index (χ0n) is 10.4. The lowest BCUT2D eigenvalue weighted by Gasteiger charge is -2.23. The molecule has 0 fully saturated rings. The van der Waals surface area contributed by atoms with Crippen LogP contribution in [0.3, 0.4) is 0 Å². The fourth-order valence-electron chi connectivity index (χ4n) is 1.30. The monoisotopic (exact) mass is 238 g/mol. The van der Waals surface area contributed by atoms with E-state index >= 15 is 0 Å². The highest BCUT2D eigenvalue weighted by atomic mass is 16.6. The lowest BCUT2D eigenvalue weighted by molar-refractivity contribution is -0.384. The molecule has 0 saturated heterocycles. The number of aliphatic hydroxyl groups is 1. The van der Waals surface area contributed by atoms with Gasteiger partial charge in [0.15, 0.2) is 0 Å². The number of nitro groups is 1. The molecule has 0 radical (unpaired) electrons. The third kappa shape index (κ3) is 3.71. The number of rotatable bonds is 5. The Bertz CT molecular complexity index is 416. The third-order valence-electron chi connectivity index (χ3n) is 2.62. The summed E-state index contributed by atoms with van der Waals surface area (Å²) in [6, 6.07) is 4.72. The van der Waals surface area contributed by atoms with Gasteiger partial charge in [0, 0.05) is 36.4 Å². The Balaban J connectivity index is 2.83. The number of nitrogens with one attached hydrogen (secondary N) is 1. The molecule has 0 bridgehead atoms. The van der Waals surface area contributed by atoms with Gasteiger partial charge in [0.2, 0.25) is 0 Å². The molecule has 0 heterocycles. The summed E-state index contributed by atoms with van der Waals surface area (Å²) in [6.07, 6.45) is 0. The van der Waals surface area contributed by atoms with Crippen molar-refractivity contribution >= 4 is 11.4 Å². The predicted octanol–water partition coefficient (Wildman–Crippen LogP) is 2.33. The summed E-state index contributed by atoms with van der Waals surface area (Å²) in [5.74, 6) is 0. The molecule has 17 heavy (non-hydrogen) atoms. The third-order valence-corrected chi connectivity index (χ3v) is 2.62. The SMILES string of the molecule is Cc1ccc([N+](=O)[O-])cc1NCC(C)(C)CO. The van der Waals surface area contributed by atoms with Crippen molar-refractivity contribution in [3.05, 3.63) is 33.9 Å². The first kappa shape index (κ1) is 13.4. The molecule has 94 valence electrons. The Morgan fingerprint density at radius 3 is 2.65 bits per heavy atom. The fraction of sp³-hybridized carbons (Fsp3) is 0.500. The molecule has 5 nitrogen and oxygen atoms in total. The Hall–Kier alpha value is -1.62. The number of non-ortho nitro benzene ring substituents is 1. The molecule has 0 aliphatic carbocycles. The van der Waals surface area contributed by atoms with Gasteiger partial charge in [-0.3, -0.25) is 10.1 Å². The molecule has 0 spiro atoms. The highest BCUT2D eigenvalue weighted by molar-refractivity contribution is 5.56. The summed E-state index contributed by atoms with van der Waals surface area (Å²) in [5, 5.41) is 22.9. The van der Waals surface area contributed by atoms with Gasteiger partial charge in [-0.05, 0) is 12.5 Å². The van der Waals surface area contributed by atoms with Gasteiger partial charge in [0.05, 0.1) is 4.92 Å². The van der Waals surface area contributed by atoms with Gasteiger partial charge in [-0.2, -0.15) is 0 Å². The van der Waals surface area contributed by atoms with Crippen LogP contribution in [0.1, 0.15) is 19.4 Å². The van der Waals surface area contributed by atoms with Crippen molar-refractivity contribution in [2.75, 3.05) is 18.5 Å². The average Bonchev–Trinajstić information content (AvgIpc) is 2.27. The van der Waals surface area contributed by atoms with Crippen LogP contribution >= 0.6 is 0 Å². The van der Waals surface area contributed by atoms with Crippen LogP contribution in [0, 0.1) is 22.5 Å². The van der Waals surface area contributed by atoms with E-state index in [1.165, 1.54) is 12.1 Å². The highest BCUT2D eigenvalue weighted by Crippen LogP contribution is 2.23. The van der Waals surface area contributed by atoms with Crippen molar-refractivity contribution < 1.29 is 10.0 Å². The summed E-state index contributed by atoms with van der Waals surface area (Å²) in [4.78, 5) is 10.2. The van der Waals surface area contributed by atoms with Gasteiger partial charge >= 0.3 is 0 Å². The van der Waals surface area contributed by atoms with Crippen LogP contribution < -0.4 is 5.32 Å². The lowest BCUT2D eigenvalue weighted by atomic mass is 9.95. The van der Waals surface area contributed by atoms with Crippen molar-refractivity contribution in [3.8, 4) is 0 Å². The smallest absolute Gasteiger partial charge is 0.271 e. The van der Waals surface area contributed by atoms with Crippen molar-refractivity contribution in [1.82, 2.24) is 0 Å². The molecule has 0 saturated carbocycles. The molecule has 5 heteroatoms. The van der Waals surface area contributed by atoms with E-state index in [0.29, 0.717) is 6.54 Å². The molecule has 1 aromatic carbocycles. The first-order valence-electron chi connectivity index (χ1n) is 5.45. The first-order valence-corrected chi connectivity index (χ1v) is 5.45. The molecule has 0 atom stereocenters. The van der Waals surface area contributed by atoms with E-state index in [2.05, 4.69) is 5.32 Å². The van der Waals surface area contributed by atoms with E-state index < -0.39 is 4.92 Å². The number of hydrogen-bond acceptors (Lipinski definition) is 4. The summed E-state index contributed by atoms with van der Waals surface area (Å²) >= 11 is 0. The average molecular weight is 238 g/mol. The van der Waals surface area contributed by atoms with Gasteiger partial charge in [-0.1, -0.05) is 19.9 Å². The zero-order chi connectivity index (χ0) is 13.1. The van der Waals surface area contributed by atoms with Gasteiger partial charge in [0.25, 0.3) is 5.69 Å². The minimum absolute atomic E-state index is 0.0635. The molecular weight excluding hydrogens is 220 g/mol. The van der Waals surface area contributed by atoms with Gasteiger partial charge in [-0.25, -0.2) is 0 Å².